The zero-order valence-electron chi connectivity index (χ0n) is 35.2. The van der Waals surface area contributed by atoms with E-state index in [2.05, 4.69) is 44.1 Å². The summed E-state index contributed by atoms with van der Waals surface area (Å²) in [5.74, 6) is 2.12. The highest BCUT2D eigenvalue weighted by Crippen LogP contribution is 2.38. The van der Waals surface area contributed by atoms with Gasteiger partial charge in [-0.25, -0.2) is 32.1 Å². The predicted molar refractivity (Wildman–Crippen MR) is 235 cm³/mol. The second-order valence-electron chi connectivity index (χ2n) is 14.3. The van der Waals surface area contributed by atoms with Gasteiger partial charge in [0, 0.05) is 49.2 Å². The number of ether oxygens (including phenoxy) is 4. The largest absolute Gasteiger partial charge is 0.481 e. The van der Waals surface area contributed by atoms with Crippen LogP contribution in [0.4, 0.5) is 26.5 Å². The number of carbonyl (C=O) groups is 3. The molecule has 0 aliphatic carbocycles. The molecule has 3 aromatic heterocycles. The minimum Gasteiger partial charge on any atom is -0.481 e. The van der Waals surface area contributed by atoms with Gasteiger partial charge in [-0.15, -0.1) is 6.42 Å². The molecule has 2 aliphatic rings. The summed E-state index contributed by atoms with van der Waals surface area (Å²) in [4.78, 5) is 52.3. The van der Waals surface area contributed by atoms with Crippen molar-refractivity contribution in [1.29, 1.82) is 0 Å². The van der Waals surface area contributed by atoms with E-state index in [1.54, 1.807) is 30.5 Å². The molecular weight excluding hydrogens is 939 g/mol. The molecule has 5 heterocycles. The van der Waals surface area contributed by atoms with Crippen LogP contribution in [0.1, 0.15) is 19.7 Å². The Morgan fingerprint density at radius 2 is 1.83 bits per heavy atom. The maximum absolute atomic E-state index is 14.5. The topological polar surface area (TPSA) is 276 Å². The number of urea groups is 1. The Kier molecular flexibility index (Phi) is 15.5. The number of sulfonamides is 1. The third kappa shape index (κ3) is 12.5. The van der Waals surface area contributed by atoms with Crippen molar-refractivity contribution in [1.82, 2.24) is 32.3 Å². The quantitative estimate of drug-likeness (QED) is 0.160. The van der Waals surface area contributed by atoms with Gasteiger partial charge in [0.15, 0.2) is 19.0 Å². The number of nitrogens with zero attached hydrogens (tertiary/aromatic N) is 8. The summed E-state index contributed by atoms with van der Waals surface area (Å²) in [6.07, 6.45) is 8.49. The summed E-state index contributed by atoms with van der Waals surface area (Å²) in [6, 6.07) is 9.65. The van der Waals surface area contributed by atoms with Gasteiger partial charge in [-0.1, -0.05) is 35.1 Å². The number of halogens is 2. The minimum atomic E-state index is -4.60. The second kappa shape index (κ2) is 20.5. The lowest BCUT2D eigenvalue weighted by atomic mass is 9.92. The van der Waals surface area contributed by atoms with Crippen molar-refractivity contribution in [3.8, 4) is 35.6 Å². The van der Waals surface area contributed by atoms with Crippen LogP contribution in [0.15, 0.2) is 53.7 Å². The van der Waals surface area contributed by atoms with Crippen molar-refractivity contribution in [3.63, 3.8) is 0 Å². The molecule has 0 spiro atoms. The third-order valence-electron chi connectivity index (χ3n) is 8.82. The number of terminal acetylenes is 1. The van der Waals surface area contributed by atoms with Crippen LogP contribution in [-0.4, -0.2) is 115 Å². The predicted octanol–water partition coefficient (Wildman–Crippen LogP) is 3.36. The highest BCUT2D eigenvalue weighted by Gasteiger charge is 2.32. The lowest BCUT2D eigenvalue weighted by Crippen LogP contribution is -2.45. The van der Waals surface area contributed by atoms with Gasteiger partial charge in [-0.05, 0) is 35.7 Å². The van der Waals surface area contributed by atoms with Crippen molar-refractivity contribution in [2.24, 2.45) is 10.4 Å². The number of carboxylic acids is 1. The standard InChI is InChI=1S/C18H17FN4O2S.C11H8ClNO3.C9H15N5O7S2/c1-4-5-22-13-7-12(11(19)6-14(13)25-9-16(22)24)20-17-23-10-18(2,3)8-15(23)21-26-17;12-8-3-4-9(16-6-10(14)15)11-7(8)2-1-5-13-11;1-14(22(4,16)17)23(18,19)13-9(15)12-8-10-6(20-2)5-7(11-8)21-3/h1,6-7H,5,8-10H2,2-3H3;1-5H,6H2,(H,14,15);5H,1-4H3,(H2,10,11,12,13,15)/b20-17-;;. The summed E-state index contributed by atoms with van der Waals surface area (Å²) in [6.45, 7) is 4.66. The molecule has 0 radical (unpaired) electrons. The Bertz CT molecular complexity index is 2960. The first-order valence-electron chi connectivity index (χ1n) is 18.5. The number of carbonyl (C=O) groups excluding carboxylic acids is 2. The van der Waals surface area contributed by atoms with Crippen molar-refractivity contribution in [3.05, 3.63) is 70.1 Å². The summed E-state index contributed by atoms with van der Waals surface area (Å²) < 4.78 is 88.5. The van der Waals surface area contributed by atoms with E-state index in [1.807, 2.05) is 9.88 Å². The zero-order valence-corrected chi connectivity index (χ0v) is 38.4. The van der Waals surface area contributed by atoms with Crippen LogP contribution in [0.3, 0.4) is 0 Å². The van der Waals surface area contributed by atoms with E-state index in [4.69, 9.17) is 42.1 Å². The van der Waals surface area contributed by atoms with Gasteiger partial charge in [0.05, 0.1) is 43.8 Å². The fourth-order valence-electron chi connectivity index (χ4n) is 5.77. The van der Waals surface area contributed by atoms with Crippen molar-refractivity contribution in [2.75, 3.05) is 57.5 Å². The van der Waals surface area contributed by atoms with Gasteiger partial charge in [-0.3, -0.25) is 20.0 Å². The molecule has 346 valence electrons. The smallest absolute Gasteiger partial charge is 0.341 e. The number of pyridine rings is 1. The lowest BCUT2D eigenvalue weighted by molar-refractivity contribution is -0.139. The van der Waals surface area contributed by atoms with Gasteiger partial charge in [0.1, 0.15) is 28.5 Å². The van der Waals surface area contributed by atoms with Gasteiger partial charge in [0.2, 0.25) is 32.5 Å². The van der Waals surface area contributed by atoms with Gasteiger partial charge < -0.3 is 28.6 Å². The van der Waals surface area contributed by atoms with Gasteiger partial charge in [0.25, 0.3) is 5.91 Å². The maximum Gasteiger partial charge on any atom is 0.341 e. The normalized spacial score (nSPS) is 14.1. The molecule has 0 fully saturated rings. The van der Waals surface area contributed by atoms with E-state index in [-0.39, 0.29) is 51.6 Å². The highest BCUT2D eigenvalue weighted by atomic mass is 35.5. The Balaban J connectivity index is 0.000000188. The average molecular weight is 979 g/mol. The molecule has 0 atom stereocenters. The molecule has 3 N–H and O–H groups in total. The molecule has 7 rings (SSSR count). The third-order valence-corrected chi connectivity index (χ3v) is 13.4. The SMILES string of the molecule is C#CCN1C(=O)COc2cc(F)c(/N=c3\snc4n3CC(C)(C)C4)cc21.COc1cc(OC)nc(NC(=O)NS(=O)(=O)N(C)S(C)(=O)=O)n1.O=C(O)COc1ccc(Cl)c2cccnc12. The molecule has 65 heavy (non-hydrogen) atoms. The molecule has 0 bridgehead atoms. The van der Waals surface area contributed by atoms with Crippen LogP contribution in [0.2, 0.25) is 5.02 Å². The van der Waals surface area contributed by atoms with Crippen LogP contribution in [0, 0.1) is 23.6 Å². The number of rotatable bonds is 11. The highest BCUT2D eigenvalue weighted by molar-refractivity contribution is 8.03. The number of carboxylic acid groups (broad SMARTS) is 1. The Hall–Kier alpha value is -6.66. The average Bonchev–Trinajstić information content (AvgIpc) is 3.76. The Labute approximate surface area is 380 Å². The fraction of sp³-hybridized carbons (Fsp3) is 0.316. The maximum atomic E-state index is 14.5. The number of aromatic nitrogens is 5. The van der Waals surface area contributed by atoms with Crippen LogP contribution >= 0.6 is 23.1 Å². The zero-order chi connectivity index (χ0) is 47.9. The Morgan fingerprint density at radius 3 is 2.46 bits per heavy atom. The number of nitrogens with one attached hydrogen (secondary N) is 2. The van der Waals surface area contributed by atoms with Gasteiger partial charge in [-0.2, -0.15) is 22.8 Å². The number of anilines is 2. The van der Waals surface area contributed by atoms with Crippen molar-refractivity contribution in [2.45, 2.75) is 26.8 Å². The first-order chi connectivity index (χ1) is 30.5. The second-order valence-corrected chi connectivity index (χ2v) is 19.4. The lowest BCUT2D eigenvalue weighted by Gasteiger charge is -2.28. The fourth-order valence-corrected chi connectivity index (χ4v) is 8.69. The van der Waals surface area contributed by atoms with E-state index in [0.717, 1.165) is 31.2 Å². The summed E-state index contributed by atoms with van der Waals surface area (Å²) in [5.41, 5.74) is 1.24. The number of hydrogen-bond acceptors (Lipinski definition) is 17. The molecular formula is C38H40ClFN10O12S3. The molecule has 2 aliphatic heterocycles. The van der Waals surface area contributed by atoms with Crippen LogP contribution in [0.25, 0.3) is 10.9 Å². The number of aliphatic carboxylic acids is 1. The number of methoxy groups -OCH3 is 2. The number of amides is 3. The van der Waals surface area contributed by atoms with E-state index in [1.165, 1.54) is 53.6 Å². The first kappa shape index (κ1) is 49.4. The van der Waals surface area contributed by atoms with Gasteiger partial charge >= 0.3 is 22.2 Å². The molecule has 3 amide bonds. The molecule has 0 unspecified atom stereocenters. The summed E-state index contributed by atoms with van der Waals surface area (Å²) in [7, 11) is -5.27. The van der Waals surface area contributed by atoms with Crippen LogP contribution in [-0.2, 0) is 42.8 Å². The minimum absolute atomic E-state index is 0.00654. The molecule has 22 nitrogen and oxygen atoms in total. The van der Waals surface area contributed by atoms with E-state index < -0.39 is 44.7 Å². The van der Waals surface area contributed by atoms with Crippen LogP contribution in [0.5, 0.6) is 23.3 Å². The summed E-state index contributed by atoms with van der Waals surface area (Å²) >= 11 is 7.22. The number of benzene rings is 2. The monoisotopic (exact) mass is 978 g/mol. The van der Waals surface area contributed by atoms with E-state index >= 15 is 0 Å². The molecule has 0 saturated carbocycles. The summed E-state index contributed by atoms with van der Waals surface area (Å²) in [5, 5.41) is 11.9. The molecule has 0 saturated heterocycles. The Morgan fingerprint density at radius 1 is 1.14 bits per heavy atom. The van der Waals surface area contributed by atoms with E-state index in [9.17, 15) is 35.6 Å². The molecule has 27 heteroatoms. The number of fused-ring (bicyclic) bond motifs is 3. The van der Waals surface area contributed by atoms with E-state index in [0.29, 0.717) is 38.8 Å². The van der Waals surface area contributed by atoms with Crippen LogP contribution < -0.4 is 38.7 Å². The molecule has 5 aromatic rings. The first-order valence-corrected chi connectivity index (χ1v) is 22.9. The molecule has 2 aromatic carbocycles. The number of hydrogen-bond donors (Lipinski definition) is 3. The van der Waals surface area contributed by atoms with Crippen molar-refractivity contribution >= 4 is 89.5 Å². The van der Waals surface area contributed by atoms with Crippen molar-refractivity contribution < 1.29 is 59.7 Å².